The quantitative estimate of drug-likeness (QED) is 0.627. The van der Waals surface area contributed by atoms with E-state index >= 15 is 0 Å². The maximum atomic E-state index is 6.16. The van der Waals surface area contributed by atoms with Gasteiger partial charge in [-0.3, -0.25) is 9.89 Å². The second-order valence-corrected chi connectivity index (χ2v) is 7.97. The molecule has 0 saturated carbocycles. The number of morpholine rings is 1. The molecule has 5 nitrogen and oxygen atoms in total. The molecule has 122 valence electrons. The van der Waals surface area contributed by atoms with Crippen LogP contribution in [0.15, 0.2) is 4.99 Å². The minimum absolute atomic E-state index is 0.0153. The second kappa shape index (κ2) is 7.20. The van der Waals surface area contributed by atoms with Crippen LogP contribution in [0.5, 0.6) is 0 Å². The zero-order chi connectivity index (χ0) is 15.5. The van der Waals surface area contributed by atoms with Crippen molar-refractivity contribution in [1.29, 1.82) is 0 Å². The van der Waals surface area contributed by atoms with Crippen molar-refractivity contribution in [1.82, 2.24) is 9.80 Å². The van der Waals surface area contributed by atoms with Crippen molar-refractivity contribution in [3.63, 3.8) is 0 Å². The van der Waals surface area contributed by atoms with Crippen molar-refractivity contribution in [2.75, 3.05) is 44.2 Å². The zero-order valence-electron chi connectivity index (χ0n) is 13.8. The Labute approximate surface area is 133 Å². The number of thioether (sulfide) groups is 1. The van der Waals surface area contributed by atoms with E-state index in [-0.39, 0.29) is 17.7 Å². The summed E-state index contributed by atoms with van der Waals surface area (Å²) in [6.07, 6.45) is 0.571. The predicted molar refractivity (Wildman–Crippen MR) is 91.0 cm³/mol. The standard InChI is InChI=1S/C15H30N4OS/c1-12-9-19(10-13(2)20-12)15(3,4)11-17-14(16)18-5-7-21-8-6-18/h12-13H,5-11H2,1-4H3,(H2,16,17). The Morgan fingerprint density at radius 2 is 1.81 bits per heavy atom. The second-order valence-electron chi connectivity index (χ2n) is 6.75. The van der Waals surface area contributed by atoms with Gasteiger partial charge in [-0.25, -0.2) is 0 Å². The van der Waals surface area contributed by atoms with E-state index in [0.717, 1.165) is 44.2 Å². The Kier molecular flexibility index (Phi) is 5.80. The Hall–Kier alpha value is -0.460. The highest BCUT2D eigenvalue weighted by Gasteiger charge is 2.33. The van der Waals surface area contributed by atoms with Gasteiger partial charge in [0.05, 0.1) is 18.8 Å². The van der Waals surface area contributed by atoms with Crippen LogP contribution in [0.4, 0.5) is 0 Å². The number of hydrogen-bond acceptors (Lipinski definition) is 4. The van der Waals surface area contributed by atoms with Gasteiger partial charge in [0.25, 0.3) is 0 Å². The lowest BCUT2D eigenvalue weighted by molar-refractivity contribution is -0.0939. The smallest absolute Gasteiger partial charge is 0.191 e. The lowest BCUT2D eigenvalue weighted by atomic mass is 10.0. The predicted octanol–water partition coefficient (Wildman–Crippen LogP) is 1.24. The number of rotatable bonds is 3. The molecular weight excluding hydrogens is 284 g/mol. The molecule has 2 saturated heterocycles. The SMILES string of the molecule is CC1CN(C(C)(C)CN=C(N)N2CCSCC2)CC(C)O1. The van der Waals surface area contributed by atoms with Gasteiger partial charge in [0.15, 0.2) is 5.96 Å². The van der Waals surface area contributed by atoms with Gasteiger partial charge >= 0.3 is 0 Å². The molecule has 2 unspecified atom stereocenters. The Morgan fingerprint density at radius 1 is 1.24 bits per heavy atom. The van der Waals surface area contributed by atoms with Crippen molar-refractivity contribution in [3.05, 3.63) is 0 Å². The van der Waals surface area contributed by atoms with E-state index in [1.807, 2.05) is 11.8 Å². The molecule has 0 bridgehead atoms. The molecular formula is C15H30N4OS. The summed E-state index contributed by atoms with van der Waals surface area (Å²) in [7, 11) is 0. The third-order valence-electron chi connectivity index (χ3n) is 4.24. The van der Waals surface area contributed by atoms with Gasteiger partial charge in [-0.1, -0.05) is 0 Å². The van der Waals surface area contributed by atoms with Gasteiger partial charge in [-0.15, -0.1) is 0 Å². The van der Waals surface area contributed by atoms with Crippen LogP contribution in [0.25, 0.3) is 0 Å². The molecule has 21 heavy (non-hydrogen) atoms. The normalized spacial score (nSPS) is 29.7. The lowest BCUT2D eigenvalue weighted by Crippen LogP contribution is -2.56. The number of hydrogen-bond donors (Lipinski definition) is 1. The summed E-state index contributed by atoms with van der Waals surface area (Å²) >= 11 is 1.99. The van der Waals surface area contributed by atoms with Crippen LogP contribution in [0.2, 0.25) is 0 Å². The van der Waals surface area contributed by atoms with Crippen molar-refractivity contribution in [2.24, 2.45) is 10.7 Å². The van der Waals surface area contributed by atoms with E-state index in [1.165, 1.54) is 0 Å². The van der Waals surface area contributed by atoms with E-state index in [9.17, 15) is 0 Å². The summed E-state index contributed by atoms with van der Waals surface area (Å²) < 4.78 is 5.82. The van der Waals surface area contributed by atoms with Gasteiger partial charge in [-0.05, 0) is 27.7 Å². The van der Waals surface area contributed by atoms with Gasteiger partial charge in [0, 0.05) is 43.2 Å². The number of guanidine groups is 1. The molecule has 0 aliphatic carbocycles. The fourth-order valence-electron chi connectivity index (χ4n) is 2.94. The average molecular weight is 314 g/mol. The van der Waals surface area contributed by atoms with E-state index in [2.05, 4.69) is 42.5 Å². The van der Waals surface area contributed by atoms with Crippen LogP contribution < -0.4 is 5.73 Å². The topological polar surface area (TPSA) is 54.1 Å². The molecule has 2 rings (SSSR count). The van der Waals surface area contributed by atoms with E-state index in [4.69, 9.17) is 10.5 Å². The molecule has 2 N–H and O–H groups in total. The molecule has 2 fully saturated rings. The fraction of sp³-hybridized carbons (Fsp3) is 0.933. The summed E-state index contributed by atoms with van der Waals surface area (Å²) in [5.74, 6) is 3.01. The van der Waals surface area contributed by atoms with Crippen molar-refractivity contribution in [3.8, 4) is 0 Å². The molecule has 0 aromatic heterocycles. The highest BCUT2D eigenvalue weighted by atomic mass is 32.2. The maximum absolute atomic E-state index is 6.16. The van der Waals surface area contributed by atoms with Crippen LogP contribution in [-0.4, -0.2) is 77.7 Å². The minimum Gasteiger partial charge on any atom is -0.373 e. The third-order valence-corrected chi connectivity index (χ3v) is 5.18. The van der Waals surface area contributed by atoms with E-state index in [0.29, 0.717) is 5.96 Å². The molecule has 2 heterocycles. The van der Waals surface area contributed by atoms with Crippen LogP contribution in [-0.2, 0) is 4.74 Å². The zero-order valence-corrected chi connectivity index (χ0v) is 14.7. The molecule has 0 amide bonds. The van der Waals surface area contributed by atoms with Crippen molar-refractivity contribution >= 4 is 17.7 Å². The monoisotopic (exact) mass is 314 g/mol. The van der Waals surface area contributed by atoms with Crippen molar-refractivity contribution < 1.29 is 4.74 Å². The number of nitrogens with zero attached hydrogens (tertiary/aromatic N) is 3. The largest absolute Gasteiger partial charge is 0.373 e. The number of nitrogens with two attached hydrogens (primary N) is 1. The van der Waals surface area contributed by atoms with Crippen molar-refractivity contribution in [2.45, 2.75) is 45.4 Å². The van der Waals surface area contributed by atoms with Crippen LogP contribution in [0, 0.1) is 0 Å². The Balaban J connectivity index is 1.93. The summed E-state index contributed by atoms with van der Waals surface area (Å²) in [5.41, 5.74) is 6.18. The Morgan fingerprint density at radius 3 is 2.38 bits per heavy atom. The first kappa shape index (κ1) is 16.9. The molecule has 2 aliphatic heterocycles. The van der Waals surface area contributed by atoms with E-state index < -0.39 is 0 Å². The maximum Gasteiger partial charge on any atom is 0.191 e. The van der Waals surface area contributed by atoms with Crippen LogP contribution in [0.1, 0.15) is 27.7 Å². The first-order valence-electron chi connectivity index (χ1n) is 7.91. The molecule has 0 aromatic carbocycles. The molecule has 0 spiro atoms. The van der Waals surface area contributed by atoms with Crippen LogP contribution >= 0.6 is 11.8 Å². The van der Waals surface area contributed by atoms with Crippen LogP contribution in [0.3, 0.4) is 0 Å². The number of aliphatic imine (C=N–C) groups is 1. The third kappa shape index (κ3) is 4.76. The fourth-order valence-corrected chi connectivity index (χ4v) is 3.84. The summed E-state index contributed by atoms with van der Waals surface area (Å²) in [5, 5.41) is 0. The van der Waals surface area contributed by atoms with Gasteiger partial charge in [0.1, 0.15) is 0 Å². The summed E-state index contributed by atoms with van der Waals surface area (Å²) in [4.78, 5) is 9.36. The minimum atomic E-state index is 0.0153. The summed E-state index contributed by atoms with van der Waals surface area (Å²) in [6, 6.07) is 0. The number of ether oxygens (including phenoxy) is 1. The molecule has 0 aromatic rings. The summed E-state index contributed by atoms with van der Waals surface area (Å²) in [6.45, 7) is 13.5. The average Bonchev–Trinajstić information content (AvgIpc) is 2.45. The molecule has 2 aliphatic rings. The molecule has 2 atom stereocenters. The molecule has 0 radical (unpaired) electrons. The first-order chi connectivity index (χ1) is 9.88. The molecule has 6 heteroatoms. The van der Waals surface area contributed by atoms with Gasteiger partial charge in [-0.2, -0.15) is 11.8 Å². The highest BCUT2D eigenvalue weighted by molar-refractivity contribution is 7.99. The van der Waals surface area contributed by atoms with E-state index in [1.54, 1.807) is 0 Å². The van der Waals surface area contributed by atoms with Gasteiger partial charge in [0.2, 0.25) is 0 Å². The lowest BCUT2D eigenvalue weighted by Gasteiger charge is -2.44. The van der Waals surface area contributed by atoms with Gasteiger partial charge < -0.3 is 15.4 Å². The highest BCUT2D eigenvalue weighted by Crippen LogP contribution is 2.21. The first-order valence-corrected chi connectivity index (χ1v) is 9.07. The Bertz CT molecular complexity index is 359.